The number of hydrogen-bond acceptors (Lipinski definition) is 2. The van der Waals surface area contributed by atoms with Crippen LogP contribution in [0.25, 0.3) is 82.9 Å². The van der Waals surface area contributed by atoms with Gasteiger partial charge in [0.1, 0.15) is 0 Å². The topological polar surface area (TPSA) is 30.7 Å². The number of rotatable bonds is 4. The van der Waals surface area contributed by atoms with E-state index >= 15 is 0 Å². The third-order valence-corrected chi connectivity index (χ3v) is 8.79. The van der Waals surface area contributed by atoms with Crippen molar-refractivity contribution in [1.82, 2.24) is 14.5 Å². The van der Waals surface area contributed by atoms with Crippen LogP contribution in [0.3, 0.4) is 0 Å². The van der Waals surface area contributed by atoms with E-state index in [9.17, 15) is 0 Å². The molecule has 0 bridgehead atoms. The molecule has 0 amide bonds. The standard InChI is InChI=1S/C42H27N3/c1-3-13-30(14-4-1)36-27-37(31-15-5-2-6-16-31)44-42(43-36)32-19-23-33(24-20-32)45-38-25-21-28-11-7-9-17-34(28)40(38)41-35-18-10-8-12-29(35)22-26-39(41)45/h1-27H. The molecule has 0 atom stereocenters. The lowest BCUT2D eigenvalue weighted by Gasteiger charge is -2.11. The van der Waals surface area contributed by atoms with E-state index in [-0.39, 0.29) is 0 Å². The molecule has 0 N–H and O–H groups in total. The lowest BCUT2D eigenvalue weighted by Crippen LogP contribution is -1.97. The molecule has 0 saturated carbocycles. The molecule has 0 aliphatic rings. The molecule has 210 valence electrons. The molecule has 3 nitrogen and oxygen atoms in total. The van der Waals surface area contributed by atoms with Crippen LogP contribution in [-0.4, -0.2) is 14.5 Å². The fraction of sp³-hybridized carbons (Fsp3) is 0. The first-order valence-electron chi connectivity index (χ1n) is 15.3. The van der Waals surface area contributed by atoms with Crippen LogP contribution >= 0.6 is 0 Å². The average molecular weight is 574 g/mol. The Morgan fingerprint density at radius 2 is 0.844 bits per heavy atom. The van der Waals surface area contributed by atoms with Crippen molar-refractivity contribution in [3.8, 4) is 39.6 Å². The number of benzene rings is 7. The van der Waals surface area contributed by atoms with Crippen LogP contribution in [0, 0.1) is 0 Å². The maximum absolute atomic E-state index is 5.04. The molecular weight excluding hydrogens is 546 g/mol. The molecule has 0 spiro atoms. The van der Waals surface area contributed by atoms with Crippen molar-refractivity contribution < 1.29 is 0 Å². The van der Waals surface area contributed by atoms with Crippen LogP contribution in [-0.2, 0) is 0 Å². The van der Waals surface area contributed by atoms with E-state index in [4.69, 9.17) is 9.97 Å². The normalized spacial score (nSPS) is 11.6. The van der Waals surface area contributed by atoms with Crippen molar-refractivity contribution in [3.63, 3.8) is 0 Å². The first-order valence-corrected chi connectivity index (χ1v) is 15.3. The van der Waals surface area contributed by atoms with Crippen molar-refractivity contribution in [2.45, 2.75) is 0 Å². The van der Waals surface area contributed by atoms with E-state index in [2.05, 4.69) is 132 Å². The zero-order chi connectivity index (χ0) is 29.7. The van der Waals surface area contributed by atoms with Gasteiger partial charge in [-0.2, -0.15) is 0 Å². The lowest BCUT2D eigenvalue weighted by atomic mass is 10.00. The first kappa shape index (κ1) is 25.4. The predicted octanol–water partition coefficient (Wildman–Crippen LogP) is 10.9. The highest BCUT2D eigenvalue weighted by Gasteiger charge is 2.17. The molecule has 0 fully saturated rings. The fourth-order valence-corrected chi connectivity index (χ4v) is 6.68. The monoisotopic (exact) mass is 573 g/mol. The summed E-state index contributed by atoms with van der Waals surface area (Å²) in [6.45, 7) is 0. The quantitative estimate of drug-likeness (QED) is 0.210. The summed E-state index contributed by atoms with van der Waals surface area (Å²) in [6, 6.07) is 57.8. The Balaban J connectivity index is 1.24. The fourth-order valence-electron chi connectivity index (χ4n) is 6.68. The van der Waals surface area contributed by atoms with Crippen LogP contribution in [0.5, 0.6) is 0 Å². The van der Waals surface area contributed by atoms with Crippen molar-refractivity contribution in [2.75, 3.05) is 0 Å². The lowest BCUT2D eigenvalue weighted by molar-refractivity contribution is 1.16. The minimum Gasteiger partial charge on any atom is -0.309 e. The molecule has 9 aromatic rings. The van der Waals surface area contributed by atoms with Crippen LogP contribution in [0.4, 0.5) is 0 Å². The van der Waals surface area contributed by atoms with Gasteiger partial charge >= 0.3 is 0 Å². The summed E-state index contributed by atoms with van der Waals surface area (Å²) in [7, 11) is 0. The zero-order valence-corrected chi connectivity index (χ0v) is 24.4. The second-order valence-electron chi connectivity index (χ2n) is 11.4. The SMILES string of the molecule is c1ccc(-c2cc(-c3ccccc3)nc(-c3ccc(-n4c5ccc6ccccc6c5c5c6ccccc6ccc54)cc3)n2)cc1. The summed E-state index contributed by atoms with van der Waals surface area (Å²) >= 11 is 0. The molecule has 3 heteroatoms. The second kappa shape index (κ2) is 10.3. The zero-order valence-electron chi connectivity index (χ0n) is 24.4. The Kier molecular flexibility index (Phi) is 5.82. The molecule has 0 saturated heterocycles. The van der Waals surface area contributed by atoms with Gasteiger partial charge in [0.25, 0.3) is 0 Å². The molecule has 45 heavy (non-hydrogen) atoms. The van der Waals surface area contributed by atoms with Gasteiger partial charge in [-0.1, -0.05) is 121 Å². The van der Waals surface area contributed by atoms with Gasteiger partial charge in [0.15, 0.2) is 5.82 Å². The number of hydrogen-bond donors (Lipinski definition) is 0. The van der Waals surface area contributed by atoms with Gasteiger partial charge in [-0.05, 0) is 64.0 Å². The van der Waals surface area contributed by atoms with Gasteiger partial charge in [0, 0.05) is 33.2 Å². The van der Waals surface area contributed by atoms with E-state index in [1.807, 2.05) is 36.4 Å². The molecule has 2 aromatic heterocycles. The molecule has 0 aliphatic heterocycles. The summed E-state index contributed by atoms with van der Waals surface area (Å²) in [5.74, 6) is 0.709. The Morgan fingerprint density at radius 3 is 1.36 bits per heavy atom. The Labute approximate surface area is 260 Å². The Morgan fingerprint density at radius 1 is 0.378 bits per heavy atom. The highest BCUT2D eigenvalue weighted by Crippen LogP contribution is 2.40. The molecule has 7 aromatic carbocycles. The maximum atomic E-state index is 5.04. The van der Waals surface area contributed by atoms with Gasteiger partial charge in [-0.15, -0.1) is 0 Å². The summed E-state index contributed by atoms with van der Waals surface area (Å²) in [4.78, 5) is 10.1. The maximum Gasteiger partial charge on any atom is 0.160 e. The molecule has 2 heterocycles. The van der Waals surface area contributed by atoms with E-state index < -0.39 is 0 Å². The predicted molar refractivity (Wildman–Crippen MR) is 188 cm³/mol. The van der Waals surface area contributed by atoms with E-state index in [0.29, 0.717) is 5.82 Å². The Bertz CT molecular complexity index is 2360. The van der Waals surface area contributed by atoms with Crippen LogP contribution in [0.15, 0.2) is 164 Å². The van der Waals surface area contributed by atoms with Gasteiger partial charge < -0.3 is 4.57 Å². The third-order valence-electron chi connectivity index (χ3n) is 8.79. The molecule has 0 aliphatic carbocycles. The number of nitrogens with zero attached hydrogens (tertiary/aromatic N) is 3. The minimum absolute atomic E-state index is 0.709. The Hall–Kier alpha value is -6.06. The molecule has 0 unspecified atom stereocenters. The van der Waals surface area contributed by atoms with E-state index in [1.165, 1.54) is 43.4 Å². The van der Waals surface area contributed by atoms with Crippen LogP contribution in [0.1, 0.15) is 0 Å². The van der Waals surface area contributed by atoms with Crippen LogP contribution in [0.2, 0.25) is 0 Å². The molecule has 0 radical (unpaired) electrons. The van der Waals surface area contributed by atoms with Crippen LogP contribution < -0.4 is 0 Å². The van der Waals surface area contributed by atoms with Crippen molar-refractivity contribution in [3.05, 3.63) is 164 Å². The smallest absolute Gasteiger partial charge is 0.160 e. The number of aromatic nitrogens is 3. The highest BCUT2D eigenvalue weighted by atomic mass is 15.0. The largest absolute Gasteiger partial charge is 0.309 e. The number of fused-ring (bicyclic) bond motifs is 7. The van der Waals surface area contributed by atoms with Gasteiger partial charge in [0.2, 0.25) is 0 Å². The second-order valence-corrected chi connectivity index (χ2v) is 11.4. The molecular formula is C42H27N3. The average Bonchev–Trinajstić information content (AvgIpc) is 3.48. The highest BCUT2D eigenvalue weighted by molar-refractivity contribution is 6.28. The van der Waals surface area contributed by atoms with Gasteiger partial charge in [-0.3, -0.25) is 0 Å². The molecule has 9 rings (SSSR count). The van der Waals surface area contributed by atoms with Crippen molar-refractivity contribution in [1.29, 1.82) is 0 Å². The first-order chi connectivity index (χ1) is 22.3. The summed E-state index contributed by atoms with van der Waals surface area (Å²) in [5, 5.41) is 7.61. The summed E-state index contributed by atoms with van der Waals surface area (Å²) in [5.41, 5.74) is 8.42. The van der Waals surface area contributed by atoms with Gasteiger partial charge in [0.05, 0.1) is 22.4 Å². The van der Waals surface area contributed by atoms with Crippen molar-refractivity contribution >= 4 is 43.4 Å². The summed E-state index contributed by atoms with van der Waals surface area (Å²) in [6.07, 6.45) is 0. The van der Waals surface area contributed by atoms with E-state index in [0.717, 1.165) is 33.8 Å². The van der Waals surface area contributed by atoms with Crippen molar-refractivity contribution in [2.24, 2.45) is 0 Å². The third kappa shape index (κ3) is 4.21. The summed E-state index contributed by atoms with van der Waals surface area (Å²) < 4.78 is 2.39. The van der Waals surface area contributed by atoms with E-state index in [1.54, 1.807) is 0 Å². The minimum atomic E-state index is 0.709. The van der Waals surface area contributed by atoms with Gasteiger partial charge in [-0.25, -0.2) is 9.97 Å².